The van der Waals surface area contributed by atoms with Crippen molar-refractivity contribution in [2.45, 2.75) is 96.0 Å². The van der Waals surface area contributed by atoms with Gasteiger partial charge in [0.1, 0.15) is 30.7 Å². The molecule has 1 spiro atoms. The topological polar surface area (TPSA) is 61.9 Å². The summed E-state index contributed by atoms with van der Waals surface area (Å²) in [5.41, 5.74) is 0.598. The Morgan fingerprint density at radius 1 is 1.06 bits per heavy atom. The van der Waals surface area contributed by atoms with Gasteiger partial charge in [-0.15, -0.1) is 0 Å². The van der Waals surface area contributed by atoms with Gasteiger partial charge in [0.25, 0.3) is 0 Å². The van der Waals surface area contributed by atoms with E-state index in [9.17, 15) is 0 Å². The van der Waals surface area contributed by atoms with Gasteiger partial charge in [-0.3, -0.25) is 4.84 Å². The molecule has 3 fully saturated rings. The molecular formula is C27H43NO6. The van der Waals surface area contributed by atoms with E-state index in [-0.39, 0.29) is 35.3 Å². The van der Waals surface area contributed by atoms with Crippen LogP contribution in [0, 0.1) is 5.92 Å². The van der Waals surface area contributed by atoms with Crippen LogP contribution in [0.2, 0.25) is 0 Å². The lowest BCUT2D eigenvalue weighted by Gasteiger charge is -2.62. The van der Waals surface area contributed by atoms with Crippen LogP contribution in [0.25, 0.3) is 0 Å². The van der Waals surface area contributed by atoms with E-state index in [1.807, 2.05) is 12.1 Å². The molecule has 1 aromatic carbocycles. The number of hydrogen-bond acceptors (Lipinski definition) is 7. The third-order valence-corrected chi connectivity index (χ3v) is 8.34. The van der Waals surface area contributed by atoms with Crippen LogP contribution in [0.1, 0.15) is 72.5 Å². The average molecular weight is 478 g/mol. The first-order valence-electron chi connectivity index (χ1n) is 12.8. The molecule has 192 valence electrons. The van der Waals surface area contributed by atoms with Crippen LogP contribution in [0.5, 0.6) is 5.75 Å². The predicted octanol–water partition coefficient (Wildman–Crippen LogP) is 4.89. The summed E-state index contributed by atoms with van der Waals surface area (Å²) in [6, 6.07) is 8.21. The molecule has 7 unspecified atom stereocenters. The van der Waals surface area contributed by atoms with Gasteiger partial charge < -0.3 is 23.7 Å². The first-order chi connectivity index (χ1) is 16.2. The lowest BCUT2D eigenvalue weighted by molar-refractivity contribution is -0.380. The molecule has 4 rings (SSSR count). The van der Waals surface area contributed by atoms with Crippen molar-refractivity contribution < 1.29 is 28.5 Å². The van der Waals surface area contributed by atoms with Gasteiger partial charge in [-0.05, 0) is 51.3 Å². The second-order valence-electron chi connectivity index (χ2n) is 10.7. The Morgan fingerprint density at radius 3 is 2.35 bits per heavy atom. The number of nitrogens with zero attached hydrogens (tertiary/aromatic N) is 1. The van der Waals surface area contributed by atoms with E-state index < -0.39 is 5.79 Å². The normalized spacial score (nSPS) is 38.9. The van der Waals surface area contributed by atoms with Crippen molar-refractivity contribution in [1.82, 2.24) is 5.06 Å². The fraction of sp³-hybridized carbons (Fsp3) is 0.778. The number of piperidine rings is 1. The van der Waals surface area contributed by atoms with Gasteiger partial charge in [-0.1, -0.05) is 32.9 Å². The minimum absolute atomic E-state index is 0.0340. The minimum Gasteiger partial charge on any atom is -0.491 e. The van der Waals surface area contributed by atoms with Crippen molar-refractivity contribution in [3.05, 3.63) is 29.8 Å². The number of epoxide rings is 1. The number of hydroxylamine groups is 2. The molecule has 0 N–H and O–H groups in total. The van der Waals surface area contributed by atoms with Crippen LogP contribution < -0.4 is 4.74 Å². The first-order valence-corrected chi connectivity index (χ1v) is 12.8. The van der Waals surface area contributed by atoms with Crippen molar-refractivity contribution in [3.63, 3.8) is 0 Å². The Labute approximate surface area is 204 Å². The fourth-order valence-electron chi connectivity index (χ4n) is 5.57. The Hall–Kier alpha value is -1.22. The molecule has 0 aromatic heterocycles. The molecule has 3 aliphatic heterocycles. The number of benzene rings is 1. The van der Waals surface area contributed by atoms with E-state index in [0.717, 1.165) is 37.2 Å². The third kappa shape index (κ3) is 4.88. The fourth-order valence-corrected chi connectivity index (χ4v) is 5.57. The van der Waals surface area contributed by atoms with E-state index >= 15 is 0 Å². The summed E-state index contributed by atoms with van der Waals surface area (Å²) in [6.07, 6.45) is 2.69. The molecule has 0 amide bonds. The minimum atomic E-state index is -0.633. The first kappa shape index (κ1) is 25.9. The summed E-state index contributed by atoms with van der Waals surface area (Å²) in [6.45, 7) is 15.9. The number of rotatable bonds is 10. The van der Waals surface area contributed by atoms with Crippen molar-refractivity contribution in [2.75, 3.05) is 33.5 Å². The van der Waals surface area contributed by atoms with Gasteiger partial charge in [-0.2, -0.15) is 5.06 Å². The molecule has 0 radical (unpaired) electrons. The Bertz CT molecular complexity index is 816. The van der Waals surface area contributed by atoms with Crippen molar-refractivity contribution in [1.29, 1.82) is 0 Å². The van der Waals surface area contributed by atoms with Crippen molar-refractivity contribution in [2.24, 2.45) is 5.92 Å². The summed E-state index contributed by atoms with van der Waals surface area (Å²) in [7, 11) is 1.71. The summed E-state index contributed by atoms with van der Waals surface area (Å²) >= 11 is 0. The summed E-state index contributed by atoms with van der Waals surface area (Å²) in [5, 5.41) is 2.27. The summed E-state index contributed by atoms with van der Waals surface area (Å²) in [4.78, 5) is 6.82. The zero-order valence-electron chi connectivity index (χ0n) is 22.0. The Morgan fingerprint density at radius 2 is 1.76 bits per heavy atom. The lowest BCUT2D eigenvalue weighted by Crippen LogP contribution is -2.71. The highest BCUT2D eigenvalue weighted by Gasteiger charge is 2.64. The molecule has 34 heavy (non-hydrogen) atoms. The lowest BCUT2D eigenvalue weighted by atomic mass is 9.67. The highest BCUT2D eigenvalue weighted by Crippen LogP contribution is 2.54. The molecule has 0 saturated carbocycles. The smallest absolute Gasteiger partial charge is 0.175 e. The quantitative estimate of drug-likeness (QED) is 0.445. The molecule has 7 atom stereocenters. The van der Waals surface area contributed by atoms with Crippen LogP contribution in [0.15, 0.2) is 24.3 Å². The van der Waals surface area contributed by atoms with E-state index in [0.29, 0.717) is 19.8 Å². The zero-order chi connectivity index (χ0) is 24.6. The SMILES string of the molecule is CCC1(C)CC2(OCC(COC)O2)C(C)C(C)(CC)N1OC(C)c1ccc(OCC2CO2)cc1. The monoisotopic (exact) mass is 477 g/mol. The standard InChI is InChI=1S/C27H43NO6/c1-8-25(5)18-27(32-17-24(33-27)14-29-7)20(4)26(6,9-2)28(25)34-19(3)21-10-12-22(13-11-21)30-15-23-16-31-23/h10-13,19-20,23-24H,8-9,14-18H2,1-7H3. The molecule has 7 heteroatoms. The van der Waals surface area contributed by atoms with Crippen LogP contribution in [0.4, 0.5) is 0 Å². The molecular weight excluding hydrogens is 434 g/mol. The molecule has 7 nitrogen and oxygen atoms in total. The maximum absolute atomic E-state index is 6.82. The number of methoxy groups -OCH3 is 1. The van der Waals surface area contributed by atoms with Gasteiger partial charge >= 0.3 is 0 Å². The third-order valence-electron chi connectivity index (χ3n) is 8.34. The largest absolute Gasteiger partial charge is 0.491 e. The second-order valence-corrected chi connectivity index (χ2v) is 10.7. The predicted molar refractivity (Wildman–Crippen MR) is 130 cm³/mol. The van der Waals surface area contributed by atoms with Crippen LogP contribution in [0.3, 0.4) is 0 Å². The second kappa shape index (κ2) is 10.0. The molecule has 3 heterocycles. The average Bonchev–Trinajstić information content (AvgIpc) is 3.59. The van der Waals surface area contributed by atoms with Crippen LogP contribution >= 0.6 is 0 Å². The van der Waals surface area contributed by atoms with Gasteiger partial charge in [-0.25, -0.2) is 0 Å². The Balaban J connectivity index is 1.52. The number of hydrogen-bond donors (Lipinski definition) is 0. The van der Waals surface area contributed by atoms with Crippen LogP contribution in [-0.4, -0.2) is 67.7 Å². The van der Waals surface area contributed by atoms with Gasteiger partial charge in [0.2, 0.25) is 0 Å². The van der Waals surface area contributed by atoms with Gasteiger partial charge in [0.05, 0.1) is 25.4 Å². The van der Waals surface area contributed by atoms with Gasteiger partial charge in [0.15, 0.2) is 5.79 Å². The molecule has 0 bridgehead atoms. The van der Waals surface area contributed by atoms with Gasteiger partial charge in [0, 0.05) is 25.0 Å². The van der Waals surface area contributed by atoms with Crippen molar-refractivity contribution in [3.8, 4) is 5.75 Å². The van der Waals surface area contributed by atoms with E-state index in [4.69, 9.17) is 28.5 Å². The number of ether oxygens (including phenoxy) is 5. The maximum Gasteiger partial charge on any atom is 0.175 e. The zero-order valence-corrected chi connectivity index (χ0v) is 22.0. The summed E-state index contributed by atoms with van der Waals surface area (Å²) < 4.78 is 29.4. The Kier molecular flexibility index (Phi) is 7.63. The van der Waals surface area contributed by atoms with E-state index in [1.54, 1.807) is 7.11 Å². The van der Waals surface area contributed by atoms with Crippen LogP contribution in [-0.2, 0) is 23.8 Å². The molecule has 3 aliphatic rings. The maximum atomic E-state index is 6.82. The molecule has 3 saturated heterocycles. The summed E-state index contributed by atoms with van der Waals surface area (Å²) in [5.74, 6) is 0.337. The van der Waals surface area contributed by atoms with E-state index in [1.165, 1.54) is 0 Å². The van der Waals surface area contributed by atoms with E-state index in [2.05, 4.69) is 58.7 Å². The highest BCUT2D eigenvalue weighted by molar-refractivity contribution is 5.28. The van der Waals surface area contributed by atoms with Crippen molar-refractivity contribution >= 4 is 0 Å². The molecule has 1 aromatic rings. The highest BCUT2D eigenvalue weighted by atomic mass is 16.8. The molecule has 0 aliphatic carbocycles.